The van der Waals surface area contributed by atoms with E-state index in [0.29, 0.717) is 12.6 Å². The molecule has 6 nitrogen and oxygen atoms in total. The van der Waals surface area contributed by atoms with Crippen molar-refractivity contribution >= 4 is 5.96 Å². The maximum atomic E-state index is 6.05. The molecule has 1 aromatic carbocycles. The zero-order valence-electron chi connectivity index (χ0n) is 17.1. The van der Waals surface area contributed by atoms with Crippen molar-refractivity contribution in [1.29, 1.82) is 0 Å². The van der Waals surface area contributed by atoms with Crippen LogP contribution in [0.5, 0.6) is 5.75 Å². The molecule has 0 bridgehead atoms. The van der Waals surface area contributed by atoms with Crippen LogP contribution >= 0.6 is 0 Å². The first kappa shape index (κ1) is 19.5. The Balaban J connectivity index is 1.38. The van der Waals surface area contributed by atoms with Crippen LogP contribution in [0.2, 0.25) is 0 Å². The fourth-order valence-corrected chi connectivity index (χ4v) is 4.03. The molecule has 3 aliphatic rings. The van der Waals surface area contributed by atoms with Gasteiger partial charge in [-0.25, -0.2) is 4.99 Å². The van der Waals surface area contributed by atoms with E-state index in [2.05, 4.69) is 40.2 Å². The molecule has 6 heteroatoms. The molecule has 1 atom stereocenters. The third kappa shape index (κ3) is 5.17. The fraction of sp³-hybridized carbons (Fsp3) is 0.682. The summed E-state index contributed by atoms with van der Waals surface area (Å²) in [6.45, 7) is 10.5. The topological polar surface area (TPSA) is 49.3 Å². The largest absolute Gasteiger partial charge is 0.493 e. The maximum absolute atomic E-state index is 6.05. The number of para-hydroxylation sites is 1. The molecule has 2 aliphatic heterocycles. The number of morpholine rings is 1. The number of benzene rings is 1. The summed E-state index contributed by atoms with van der Waals surface area (Å²) in [6.07, 6.45) is 3.82. The van der Waals surface area contributed by atoms with Gasteiger partial charge in [-0.15, -0.1) is 0 Å². The van der Waals surface area contributed by atoms with E-state index in [1.807, 2.05) is 6.07 Å². The lowest BCUT2D eigenvalue weighted by molar-refractivity contribution is 0.0195. The Labute approximate surface area is 168 Å². The first-order valence-corrected chi connectivity index (χ1v) is 10.9. The third-order valence-electron chi connectivity index (χ3n) is 5.90. The van der Waals surface area contributed by atoms with Crippen LogP contribution in [0.4, 0.5) is 0 Å². The number of hydrogen-bond donors (Lipinski definition) is 1. The molecular formula is C22H34N4O2. The summed E-state index contributed by atoms with van der Waals surface area (Å²) in [6, 6.07) is 8.95. The molecule has 154 valence electrons. The van der Waals surface area contributed by atoms with Crippen molar-refractivity contribution in [2.45, 2.75) is 38.8 Å². The zero-order chi connectivity index (χ0) is 19.2. The highest BCUT2D eigenvalue weighted by Crippen LogP contribution is 2.30. The Morgan fingerprint density at radius 3 is 2.79 bits per heavy atom. The van der Waals surface area contributed by atoms with Crippen LogP contribution in [0.1, 0.15) is 31.7 Å². The molecule has 1 saturated carbocycles. The summed E-state index contributed by atoms with van der Waals surface area (Å²) in [7, 11) is 0. The summed E-state index contributed by atoms with van der Waals surface area (Å²) in [4.78, 5) is 9.95. The Kier molecular flexibility index (Phi) is 6.70. The molecule has 0 amide bonds. The van der Waals surface area contributed by atoms with Gasteiger partial charge in [0.2, 0.25) is 0 Å². The SMILES string of the molecule is CCNC(=NCc1ccccc1OCC1CC1)N1CCC(N2CCOCC2)C1. The lowest BCUT2D eigenvalue weighted by Gasteiger charge is -2.32. The van der Waals surface area contributed by atoms with Crippen LogP contribution < -0.4 is 10.1 Å². The highest BCUT2D eigenvalue weighted by molar-refractivity contribution is 5.80. The van der Waals surface area contributed by atoms with Crippen molar-refractivity contribution in [2.75, 3.05) is 52.5 Å². The van der Waals surface area contributed by atoms with Crippen molar-refractivity contribution < 1.29 is 9.47 Å². The second-order valence-corrected chi connectivity index (χ2v) is 8.07. The van der Waals surface area contributed by atoms with E-state index in [-0.39, 0.29) is 0 Å². The van der Waals surface area contributed by atoms with E-state index in [1.165, 1.54) is 24.8 Å². The molecule has 2 saturated heterocycles. The average molecular weight is 387 g/mol. The minimum atomic E-state index is 0.613. The summed E-state index contributed by atoms with van der Waals surface area (Å²) >= 11 is 0. The molecule has 0 radical (unpaired) electrons. The van der Waals surface area contributed by atoms with E-state index in [4.69, 9.17) is 14.5 Å². The lowest BCUT2D eigenvalue weighted by Crippen LogP contribution is -2.46. The Morgan fingerprint density at radius 1 is 1.18 bits per heavy atom. The second-order valence-electron chi connectivity index (χ2n) is 8.07. The molecule has 1 aromatic rings. The van der Waals surface area contributed by atoms with E-state index < -0.39 is 0 Å². The number of guanidine groups is 1. The van der Waals surface area contributed by atoms with Crippen molar-refractivity contribution in [3.63, 3.8) is 0 Å². The van der Waals surface area contributed by atoms with Gasteiger partial charge in [0.1, 0.15) is 5.75 Å². The summed E-state index contributed by atoms with van der Waals surface area (Å²) in [5.41, 5.74) is 1.17. The Morgan fingerprint density at radius 2 is 2.00 bits per heavy atom. The minimum Gasteiger partial charge on any atom is -0.493 e. The third-order valence-corrected chi connectivity index (χ3v) is 5.90. The highest BCUT2D eigenvalue weighted by Gasteiger charge is 2.30. The quantitative estimate of drug-likeness (QED) is 0.576. The number of nitrogens with zero attached hydrogens (tertiary/aromatic N) is 3. The molecule has 2 heterocycles. The number of hydrogen-bond acceptors (Lipinski definition) is 4. The average Bonchev–Trinajstić information content (AvgIpc) is 3.44. The van der Waals surface area contributed by atoms with Crippen LogP contribution in [0.3, 0.4) is 0 Å². The number of likely N-dealkylation sites (tertiary alicyclic amines) is 1. The summed E-state index contributed by atoms with van der Waals surface area (Å²) in [5.74, 6) is 2.77. The van der Waals surface area contributed by atoms with Gasteiger partial charge in [-0.2, -0.15) is 0 Å². The van der Waals surface area contributed by atoms with Gasteiger partial charge in [0.05, 0.1) is 26.4 Å². The molecule has 1 N–H and O–H groups in total. The van der Waals surface area contributed by atoms with Crippen molar-refractivity contribution in [1.82, 2.24) is 15.1 Å². The lowest BCUT2D eigenvalue weighted by atomic mass is 10.2. The second kappa shape index (κ2) is 9.61. The number of ether oxygens (including phenoxy) is 2. The van der Waals surface area contributed by atoms with Gasteiger partial charge >= 0.3 is 0 Å². The van der Waals surface area contributed by atoms with Crippen LogP contribution in [0.15, 0.2) is 29.3 Å². The van der Waals surface area contributed by atoms with Gasteiger partial charge in [0, 0.05) is 44.3 Å². The zero-order valence-corrected chi connectivity index (χ0v) is 17.1. The molecule has 3 fully saturated rings. The molecule has 0 spiro atoms. The fourth-order valence-electron chi connectivity index (χ4n) is 4.03. The Bertz CT molecular complexity index is 656. The van der Waals surface area contributed by atoms with Crippen molar-refractivity contribution in [3.8, 4) is 5.75 Å². The number of nitrogens with one attached hydrogen (secondary N) is 1. The normalized spacial score (nSPS) is 23.8. The number of aliphatic imine (C=N–C) groups is 1. The maximum Gasteiger partial charge on any atom is 0.194 e. The molecule has 1 unspecified atom stereocenters. The van der Waals surface area contributed by atoms with Crippen molar-refractivity contribution in [2.24, 2.45) is 10.9 Å². The minimum absolute atomic E-state index is 0.613. The first-order valence-electron chi connectivity index (χ1n) is 10.9. The predicted molar refractivity (Wildman–Crippen MR) is 112 cm³/mol. The summed E-state index contributed by atoms with van der Waals surface area (Å²) < 4.78 is 11.6. The smallest absolute Gasteiger partial charge is 0.194 e. The van der Waals surface area contributed by atoms with E-state index >= 15 is 0 Å². The standard InChI is InChI=1S/C22H34N4O2/c1-2-23-22(26-10-9-20(16-26)25-11-13-27-14-12-25)24-15-19-5-3-4-6-21(19)28-17-18-7-8-18/h3-6,18,20H,2,7-17H2,1H3,(H,23,24). The van der Waals surface area contributed by atoms with E-state index in [1.54, 1.807) is 0 Å². The van der Waals surface area contributed by atoms with Crippen LogP contribution in [0.25, 0.3) is 0 Å². The van der Waals surface area contributed by atoms with Crippen LogP contribution in [0, 0.1) is 5.92 Å². The Hall–Kier alpha value is -1.79. The molecular weight excluding hydrogens is 352 g/mol. The summed E-state index contributed by atoms with van der Waals surface area (Å²) in [5, 5.41) is 3.49. The van der Waals surface area contributed by atoms with Gasteiger partial charge < -0.3 is 19.7 Å². The van der Waals surface area contributed by atoms with Gasteiger partial charge in [-0.3, -0.25) is 4.90 Å². The van der Waals surface area contributed by atoms with Crippen LogP contribution in [-0.2, 0) is 11.3 Å². The van der Waals surface area contributed by atoms with Gasteiger partial charge in [-0.1, -0.05) is 18.2 Å². The van der Waals surface area contributed by atoms with E-state index in [0.717, 1.165) is 70.2 Å². The van der Waals surface area contributed by atoms with E-state index in [9.17, 15) is 0 Å². The first-order chi connectivity index (χ1) is 13.8. The van der Waals surface area contributed by atoms with Gasteiger partial charge in [-0.05, 0) is 38.2 Å². The van der Waals surface area contributed by atoms with Crippen molar-refractivity contribution in [3.05, 3.63) is 29.8 Å². The monoisotopic (exact) mass is 386 g/mol. The molecule has 4 rings (SSSR count). The predicted octanol–water partition coefficient (Wildman–Crippen LogP) is 2.35. The van der Waals surface area contributed by atoms with Crippen LogP contribution in [-0.4, -0.2) is 74.3 Å². The molecule has 28 heavy (non-hydrogen) atoms. The molecule has 0 aromatic heterocycles. The number of rotatable bonds is 7. The molecule has 1 aliphatic carbocycles. The van der Waals surface area contributed by atoms with Gasteiger partial charge in [0.15, 0.2) is 5.96 Å². The highest BCUT2D eigenvalue weighted by atomic mass is 16.5. The van der Waals surface area contributed by atoms with Gasteiger partial charge in [0.25, 0.3) is 0 Å².